The average Bonchev–Trinajstić information content (AvgIpc) is 2.98. The van der Waals surface area contributed by atoms with E-state index in [4.69, 9.17) is 5.73 Å². The highest BCUT2D eigenvalue weighted by molar-refractivity contribution is 6.00. The van der Waals surface area contributed by atoms with Crippen molar-refractivity contribution < 1.29 is 9.59 Å². The molecule has 0 saturated carbocycles. The smallest absolute Gasteiger partial charge is 0.268 e. The Kier molecular flexibility index (Phi) is 4.33. The number of aryl methyl sites for hydroxylation is 1. The molecule has 0 aliphatic rings. The number of amides is 2. The normalized spacial score (nSPS) is 12.0. The standard InChI is InChI=1S/C19H19N3O2/c1-2-22-15-11-7-6-10-14(15)12-16(22)19(24)21-17(18(20)23)13-8-4-3-5-9-13/h3-12,17H,2H2,1H3,(H2,20,23)(H,21,24). The first-order chi connectivity index (χ1) is 11.6. The van der Waals surface area contributed by atoms with E-state index in [1.807, 2.05) is 47.9 Å². The summed E-state index contributed by atoms with van der Waals surface area (Å²) in [6.07, 6.45) is 0. The summed E-state index contributed by atoms with van der Waals surface area (Å²) in [7, 11) is 0. The zero-order valence-electron chi connectivity index (χ0n) is 13.4. The van der Waals surface area contributed by atoms with Gasteiger partial charge in [0.1, 0.15) is 11.7 Å². The molecular weight excluding hydrogens is 302 g/mol. The van der Waals surface area contributed by atoms with Gasteiger partial charge in [0.05, 0.1) is 0 Å². The first-order valence-electron chi connectivity index (χ1n) is 7.85. The van der Waals surface area contributed by atoms with Gasteiger partial charge in [0.15, 0.2) is 0 Å². The first kappa shape index (κ1) is 15.8. The number of nitrogens with two attached hydrogens (primary N) is 1. The minimum atomic E-state index is -0.859. The summed E-state index contributed by atoms with van der Waals surface area (Å²) in [5.41, 5.74) is 7.65. The zero-order chi connectivity index (χ0) is 17.1. The summed E-state index contributed by atoms with van der Waals surface area (Å²) < 4.78 is 1.92. The number of hydrogen-bond donors (Lipinski definition) is 2. The number of hydrogen-bond acceptors (Lipinski definition) is 2. The lowest BCUT2D eigenvalue weighted by molar-refractivity contribution is -0.120. The number of nitrogens with zero attached hydrogens (tertiary/aromatic N) is 1. The highest BCUT2D eigenvalue weighted by atomic mass is 16.2. The number of carbonyl (C=O) groups excluding carboxylic acids is 2. The predicted octanol–water partition coefficient (Wildman–Crippen LogP) is 2.62. The summed E-state index contributed by atoms with van der Waals surface area (Å²) >= 11 is 0. The van der Waals surface area contributed by atoms with E-state index >= 15 is 0 Å². The molecule has 1 atom stereocenters. The minimum Gasteiger partial charge on any atom is -0.368 e. The summed E-state index contributed by atoms with van der Waals surface area (Å²) in [6.45, 7) is 2.63. The third-order valence-electron chi connectivity index (χ3n) is 4.05. The van der Waals surface area contributed by atoms with Crippen molar-refractivity contribution >= 4 is 22.7 Å². The Labute approximate surface area is 140 Å². The second-order valence-corrected chi connectivity index (χ2v) is 5.55. The van der Waals surface area contributed by atoms with Gasteiger partial charge in [-0.1, -0.05) is 48.5 Å². The zero-order valence-corrected chi connectivity index (χ0v) is 13.4. The Bertz CT molecular complexity index is 884. The maximum absolute atomic E-state index is 12.7. The number of para-hydroxylation sites is 1. The Hall–Kier alpha value is -3.08. The lowest BCUT2D eigenvalue weighted by Crippen LogP contribution is -2.38. The van der Waals surface area contributed by atoms with Gasteiger partial charge in [-0.2, -0.15) is 0 Å². The van der Waals surface area contributed by atoms with Crippen molar-refractivity contribution in [2.75, 3.05) is 0 Å². The fourth-order valence-electron chi connectivity index (χ4n) is 2.91. The maximum Gasteiger partial charge on any atom is 0.268 e. The molecule has 2 aromatic carbocycles. The van der Waals surface area contributed by atoms with Gasteiger partial charge in [-0.3, -0.25) is 9.59 Å². The van der Waals surface area contributed by atoms with Crippen LogP contribution >= 0.6 is 0 Å². The quantitative estimate of drug-likeness (QED) is 0.758. The van der Waals surface area contributed by atoms with Crippen molar-refractivity contribution in [2.45, 2.75) is 19.5 Å². The van der Waals surface area contributed by atoms with Gasteiger partial charge in [0.25, 0.3) is 5.91 Å². The van der Waals surface area contributed by atoms with E-state index in [2.05, 4.69) is 5.32 Å². The van der Waals surface area contributed by atoms with Crippen LogP contribution in [-0.2, 0) is 11.3 Å². The highest BCUT2D eigenvalue weighted by Crippen LogP contribution is 2.21. The summed E-state index contributed by atoms with van der Waals surface area (Å²) in [5.74, 6) is -0.908. The van der Waals surface area contributed by atoms with Gasteiger partial charge in [-0.25, -0.2) is 0 Å². The number of aromatic nitrogens is 1. The Morgan fingerprint density at radius 2 is 1.75 bits per heavy atom. The summed E-state index contributed by atoms with van der Waals surface area (Å²) in [5, 5.41) is 3.74. The van der Waals surface area contributed by atoms with Gasteiger partial charge >= 0.3 is 0 Å². The molecule has 122 valence electrons. The molecule has 0 spiro atoms. The van der Waals surface area contributed by atoms with Crippen molar-refractivity contribution in [3.05, 3.63) is 71.9 Å². The van der Waals surface area contributed by atoms with E-state index in [1.165, 1.54) is 0 Å². The minimum absolute atomic E-state index is 0.319. The number of fused-ring (bicyclic) bond motifs is 1. The first-order valence-corrected chi connectivity index (χ1v) is 7.85. The fourth-order valence-corrected chi connectivity index (χ4v) is 2.91. The van der Waals surface area contributed by atoms with Gasteiger partial charge in [-0.15, -0.1) is 0 Å². The molecule has 24 heavy (non-hydrogen) atoms. The van der Waals surface area contributed by atoms with Crippen molar-refractivity contribution in [3.8, 4) is 0 Å². The molecule has 0 aliphatic carbocycles. The van der Waals surface area contributed by atoms with E-state index in [9.17, 15) is 9.59 Å². The molecule has 0 bridgehead atoms. The molecule has 0 saturated heterocycles. The van der Waals surface area contributed by atoms with E-state index in [0.717, 1.165) is 10.9 Å². The van der Waals surface area contributed by atoms with Crippen molar-refractivity contribution in [1.82, 2.24) is 9.88 Å². The molecule has 3 N–H and O–H groups in total. The molecule has 0 radical (unpaired) electrons. The second-order valence-electron chi connectivity index (χ2n) is 5.55. The number of benzene rings is 2. The highest BCUT2D eigenvalue weighted by Gasteiger charge is 2.23. The molecule has 2 amide bonds. The van der Waals surface area contributed by atoms with Crippen LogP contribution in [0.1, 0.15) is 29.0 Å². The maximum atomic E-state index is 12.7. The van der Waals surface area contributed by atoms with Gasteiger partial charge in [0, 0.05) is 17.4 Å². The number of rotatable bonds is 5. The van der Waals surface area contributed by atoms with E-state index < -0.39 is 11.9 Å². The SMILES string of the molecule is CCn1c(C(=O)NC(C(N)=O)c2ccccc2)cc2ccccc21. The average molecular weight is 321 g/mol. The van der Waals surface area contributed by atoms with E-state index in [1.54, 1.807) is 24.3 Å². The van der Waals surface area contributed by atoms with Crippen LogP contribution in [0, 0.1) is 0 Å². The third-order valence-corrected chi connectivity index (χ3v) is 4.05. The van der Waals surface area contributed by atoms with Gasteiger partial charge < -0.3 is 15.6 Å². The molecule has 0 aliphatic heterocycles. The molecular formula is C19H19N3O2. The molecule has 1 aromatic heterocycles. The lowest BCUT2D eigenvalue weighted by atomic mass is 10.1. The monoisotopic (exact) mass is 321 g/mol. The van der Waals surface area contributed by atoms with Crippen molar-refractivity contribution in [1.29, 1.82) is 0 Å². The molecule has 5 heteroatoms. The van der Waals surface area contributed by atoms with E-state index in [-0.39, 0.29) is 5.91 Å². The second kappa shape index (κ2) is 6.58. The van der Waals surface area contributed by atoms with Crippen molar-refractivity contribution in [3.63, 3.8) is 0 Å². The summed E-state index contributed by atoms with van der Waals surface area (Å²) in [4.78, 5) is 24.5. The number of nitrogens with one attached hydrogen (secondary N) is 1. The lowest BCUT2D eigenvalue weighted by Gasteiger charge is -2.16. The van der Waals surface area contributed by atoms with Crippen LogP contribution in [0.15, 0.2) is 60.7 Å². The van der Waals surface area contributed by atoms with Crippen LogP contribution in [0.5, 0.6) is 0 Å². The largest absolute Gasteiger partial charge is 0.368 e. The Morgan fingerprint density at radius 3 is 2.42 bits per heavy atom. The van der Waals surface area contributed by atoms with Crippen LogP contribution < -0.4 is 11.1 Å². The number of carbonyl (C=O) groups is 2. The number of primary amides is 1. The van der Waals surface area contributed by atoms with Crippen LogP contribution in [0.3, 0.4) is 0 Å². The van der Waals surface area contributed by atoms with Crippen LogP contribution in [0.25, 0.3) is 10.9 Å². The summed E-state index contributed by atoms with van der Waals surface area (Å²) in [6, 6.07) is 17.8. The van der Waals surface area contributed by atoms with Crippen molar-refractivity contribution in [2.24, 2.45) is 5.73 Å². The molecule has 0 fully saturated rings. The topological polar surface area (TPSA) is 77.1 Å². The fraction of sp³-hybridized carbons (Fsp3) is 0.158. The molecule has 5 nitrogen and oxygen atoms in total. The Balaban J connectivity index is 1.95. The predicted molar refractivity (Wildman–Crippen MR) is 93.5 cm³/mol. The molecule has 3 aromatic rings. The van der Waals surface area contributed by atoms with Crippen LogP contribution in [0.2, 0.25) is 0 Å². The van der Waals surface area contributed by atoms with Crippen LogP contribution in [-0.4, -0.2) is 16.4 Å². The third kappa shape index (κ3) is 2.88. The molecule has 3 rings (SSSR count). The Morgan fingerprint density at radius 1 is 1.08 bits per heavy atom. The van der Waals surface area contributed by atoms with Crippen LogP contribution in [0.4, 0.5) is 0 Å². The molecule has 1 unspecified atom stereocenters. The van der Waals surface area contributed by atoms with Gasteiger partial charge in [0.2, 0.25) is 5.91 Å². The van der Waals surface area contributed by atoms with Gasteiger partial charge in [-0.05, 0) is 24.6 Å². The van der Waals surface area contributed by atoms with E-state index in [0.29, 0.717) is 17.8 Å². The molecule has 1 heterocycles.